The molecule has 0 saturated carbocycles. The summed E-state index contributed by atoms with van der Waals surface area (Å²) in [5, 5.41) is 27.3. The number of phenols is 1. The van der Waals surface area contributed by atoms with E-state index in [0.29, 0.717) is 22.4 Å². The van der Waals surface area contributed by atoms with Crippen LogP contribution in [0.15, 0.2) is 32.6 Å². The number of nitrogens with zero attached hydrogens (tertiary/aromatic N) is 4. The van der Waals surface area contributed by atoms with E-state index < -0.39 is 0 Å². The van der Waals surface area contributed by atoms with Gasteiger partial charge in [-0.15, -0.1) is 0 Å². The van der Waals surface area contributed by atoms with Crippen molar-refractivity contribution in [3.05, 3.63) is 23.3 Å². The molecule has 6 nitrogen and oxygen atoms in total. The predicted molar refractivity (Wildman–Crippen MR) is 80.4 cm³/mol. The average molecular weight is 271 g/mol. The highest BCUT2D eigenvalue weighted by molar-refractivity contribution is 6.06. The van der Waals surface area contributed by atoms with Gasteiger partial charge in [0.25, 0.3) is 0 Å². The van der Waals surface area contributed by atoms with E-state index in [4.69, 9.17) is 5.73 Å². The Morgan fingerprint density at radius 1 is 0.950 bits per heavy atom. The van der Waals surface area contributed by atoms with E-state index in [1.807, 2.05) is 26.0 Å². The normalized spacial score (nSPS) is 12.0. The molecule has 0 spiro atoms. The molecular formula is C14H17N5O. The smallest absolute Gasteiger partial charge is 0.153 e. The molecule has 0 aliphatic rings. The summed E-state index contributed by atoms with van der Waals surface area (Å²) in [6.07, 6.45) is 0. The van der Waals surface area contributed by atoms with Crippen LogP contribution in [0.4, 0.5) is 17.1 Å². The number of fused-ring (bicyclic) bond motifs is 1. The zero-order chi connectivity index (χ0) is 14.9. The molecule has 0 atom stereocenters. The SMILES string of the molecule is CN=Nc1c(C)cc2cc(C)c(N=NC)c(O)c2c1N. The molecule has 0 aliphatic carbocycles. The first-order chi connectivity index (χ1) is 9.51. The van der Waals surface area contributed by atoms with Gasteiger partial charge in [0.2, 0.25) is 0 Å². The van der Waals surface area contributed by atoms with E-state index in [0.717, 1.165) is 16.5 Å². The maximum Gasteiger partial charge on any atom is 0.153 e. The molecule has 0 aromatic heterocycles. The monoisotopic (exact) mass is 271 g/mol. The molecule has 0 fully saturated rings. The fraction of sp³-hybridized carbons (Fsp3) is 0.286. The first-order valence-corrected chi connectivity index (χ1v) is 6.16. The van der Waals surface area contributed by atoms with Gasteiger partial charge in [0.15, 0.2) is 5.75 Å². The van der Waals surface area contributed by atoms with Crippen LogP contribution in [-0.2, 0) is 0 Å². The summed E-state index contributed by atoms with van der Waals surface area (Å²) in [6, 6.07) is 3.85. The molecule has 3 N–H and O–H groups in total. The van der Waals surface area contributed by atoms with Crippen LogP contribution in [0, 0.1) is 13.8 Å². The summed E-state index contributed by atoms with van der Waals surface area (Å²) in [5.41, 5.74) is 9.27. The molecule has 0 bridgehead atoms. The van der Waals surface area contributed by atoms with Crippen LogP contribution >= 0.6 is 0 Å². The van der Waals surface area contributed by atoms with Gasteiger partial charge >= 0.3 is 0 Å². The van der Waals surface area contributed by atoms with E-state index in [-0.39, 0.29) is 5.75 Å². The quantitative estimate of drug-likeness (QED) is 0.633. The van der Waals surface area contributed by atoms with Crippen molar-refractivity contribution < 1.29 is 5.11 Å². The summed E-state index contributed by atoms with van der Waals surface area (Å²) in [5.74, 6) is 0.0238. The van der Waals surface area contributed by atoms with E-state index in [2.05, 4.69) is 20.5 Å². The highest BCUT2D eigenvalue weighted by atomic mass is 16.3. The highest BCUT2D eigenvalue weighted by Gasteiger charge is 2.16. The average Bonchev–Trinajstić information content (AvgIpc) is 2.39. The Balaban J connectivity index is 2.95. The maximum absolute atomic E-state index is 10.4. The van der Waals surface area contributed by atoms with Crippen molar-refractivity contribution in [2.45, 2.75) is 13.8 Å². The number of rotatable bonds is 2. The van der Waals surface area contributed by atoms with Crippen LogP contribution in [0.25, 0.3) is 10.8 Å². The summed E-state index contributed by atoms with van der Waals surface area (Å²) in [6.45, 7) is 3.78. The number of phenolic OH excluding ortho intramolecular Hbond substituents is 1. The van der Waals surface area contributed by atoms with Crippen LogP contribution in [-0.4, -0.2) is 19.2 Å². The molecule has 0 radical (unpaired) electrons. The lowest BCUT2D eigenvalue weighted by atomic mass is 9.99. The van der Waals surface area contributed by atoms with Crippen molar-refractivity contribution in [3.63, 3.8) is 0 Å². The molecule has 0 unspecified atom stereocenters. The van der Waals surface area contributed by atoms with Gasteiger partial charge in [-0.3, -0.25) is 0 Å². The second kappa shape index (κ2) is 5.24. The van der Waals surface area contributed by atoms with E-state index >= 15 is 0 Å². The zero-order valence-electron chi connectivity index (χ0n) is 12.0. The second-order valence-corrected chi connectivity index (χ2v) is 4.54. The number of anilines is 1. The Morgan fingerprint density at radius 3 is 2.00 bits per heavy atom. The van der Waals surface area contributed by atoms with Crippen LogP contribution < -0.4 is 5.73 Å². The van der Waals surface area contributed by atoms with Gasteiger partial charge in [0.1, 0.15) is 11.4 Å². The molecule has 20 heavy (non-hydrogen) atoms. The number of hydrogen-bond acceptors (Lipinski definition) is 6. The molecule has 0 heterocycles. The number of nitrogen functional groups attached to an aromatic ring is 1. The molecule has 104 valence electrons. The second-order valence-electron chi connectivity index (χ2n) is 4.54. The fourth-order valence-corrected chi connectivity index (χ4v) is 2.30. The largest absolute Gasteiger partial charge is 0.505 e. The molecule has 0 aliphatic heterocycles. The van der Waals surface area contributed by atoms with Gasteiger partial charge < -0.3 is 10.8 Å². The number of hydrogen-bond donors (Lipinski definition) is 2. The van der Waals surface area contributed by atoms with Crippen molar-refractivity contribution in [1.29, 1.82) is 0 Å². The molecule has 6 heteroatoms. The number of benzene rings is 2. The third-order valence-electron chi connectivity index (χ3n) is 3.17. The van der Waals surface area contributed by atoms with Crippen molar-refractivity contribution in [2.75, 3.05) is 19.8 Å². The Morgan fingerprint density at radius 2 is 1.45 bits per heavy atom. The van der Waals surface area contributed by atoms with Crippen molar-refractivity contribution in [2.24, 2.45) is 20.5 Å². The van der Waals surface area contributed by atoms with Gasteiger partial charge in [-0.05, 0) is 42.5 Å². The van der Waals surface area contributed by atoms with E-state index in [1.165, 1.54) is 0 Å². The van der Waals surface area contributed by atoms with Gasteiger partial charge in [-0.1, -0.05) is 0 Å². The van der Waals surface area contributed by atoms with Crippen LogP contribution in [0.3, 0.4) is 0 Å². The predicted octanol–water partition coefficient (Wildman–Crippen LogP) is 4.17. The van der Waals surface area contributed by atoms with E-state index in [9.17, 15) is 5.11 Å². The number of nitrogens with two attached hydrogens (primary N) is 1. The van der Waals surface area contributed by atoms with Crippen molar-refractivity contribution in [3.8, 4) is 5.75 Å². The molecule has 2 aromatic rings. The fourth-order valence-electron chi connectivity index (χ4n) is 2.30. The van der Waals surface area contributed by atoms with Gasteiger partial charge in [-0.25, -0.2) is 0 Å². The zero-order valence-corrected chi connectivity index (χ0v) is 12.0. The minimum atomic E-state index is 0.0238. The molecule has 0 amide bonds. The summed E-state index contributed by atoms with van der Waals surface area (Å²) < 4.78 is 0. The number of aromatic hydroxyl groups is 1. The topological polar surface area (TPSA) is 95.7 Å². The molecule has 2 aromatic carbocycles. The third kappa shape index (κ3) is 2.09. The number of azo groups is 2. The Kier molecular flexibility index (Phi) is 3.65. The minimum absolute atomic E-state index is 0.0238. The lowest BCUT2D eigenvalue weighted by molar-refractivity contribution is 0.482. The van der Waals surface area contributed by atoms with Crippen LogP contribution in [0.1, 0.15) is 11.1 Å². The summed E-state index contributed by atoms with van der Waals surface area (Å²) in [4.78, 5) is 0. The molecule has 0 saturated heterocycles. The Labute approximate surface area is 117 Å². The highest BCUT2D eigenvalue weighted by Crippen LogP contribution is 2.45. The summed E-state index contributed by atoms with van der Waals surface area (Å²) in [7, 11) is 3.13. The molecule has 2 rings (SSSR count). The minimum Gasteiger partial charge on any atom is -0.505 e. The Hall–Kier alpha value is -2.50. The Bertz CT molecular complexity index is 676. The molecular weight excluding hydrogens is 254 g/mol. The maximum atomic E-state index is 10.4. The lowest BCUT2D eigenvalue weighted by Gasteiger charge is -2.12. The van der Waals surface area contributed by atoms with Crippen molar-refractivity contribution in [1.82, 2.24) is 0 Å². The first kappa shape index (κ1) is 13.9. The standard InChI is InChI=1S/C14H17N5O/c1-7-5-9-6-8(2)13(19-17-4)14(20)10(9)11(15)12(7)18-16-3/h5-6,20H,15H2,1-4H3. The van der Waals surface area contributed by atoms with Crippen LogP contribution in [0.5, 0.6) is 5.75 Å². The van der Waals surface area contributed by atoms with Crippen molar-refractivity contribution >= 4 is 27.8 Å². The summed E-state index contributed by atoms with van der Waals surface area (Å²) >= 11 is 0. The van der Waals surface area contributed by atoms with Gasteiger partial charge in [-0.2, -0.15) is 20.5 Å². The van der Waals surface area contributed by atoms with Gasteiger partial charge in [0, 0.05) is 14.1 Å². The lowest BCUT2D eigenvalue weighted by Crippen LogP contribution is -1.92. The van der Waals surface area contributed by atoms with Crippen LogP contribution in [0.2, 0.25) is 0 Å². The number of aryl methyl sites for hydroxylation is 2. The van der Waals surface area contributed by atoms with E-state index in [1.54, 1.807) is 14.1 Å². The van der Waals surface area contributed by atoms with Gasteiger partial charge in [0.05, 0.1) is 11.1 Å². The third-order valence-corrected chi connectivity index (χ3v) is 3.17. The first-order valence-electron chi connectivity index (χ1n) is 6.16.